The van der Waals surface area contributed by atoms with Crippen molar-refractivity contribution in [1.29, 1.82) is 0 Å². The maximum absolute atomic E-state index is 6.09. The first-order valence-corrected chi connectivity index (χ1v) is 5.97. The summed E-state index contributed by atoms with van der Waals surface area (Å²) in [5.41, 5.74) is 1.81. The van der Waals surface area contributed by atoms with E-state index in [1.807, 2.05) is 28.9 Å². The van der Waals surface area contributed by atoms with E-state index < -0.39 is 0 Å². The molecule has 0 N–H and O–H groups in total. The van der Waals surface area contributed by atoms with Gasteiger partial charge in [0.25, 0.3) is 0 Å². The Morgan fingerprint density at radius 2 is 2.38 bits per heavy atom. The first-order chi connectivity index (χ1) is 7.84. The Morgan fingerprint density at radius 3 is 3.12 bits per heavy atom. The van der Waals surface area contributed by atoms with Crippen molar-refractivity contribution in [2.45, 2.75) is 25.4 Å². The first-order valence-electron chi connectivity index (χ1n) is 5.59. The summed E-state index contributed by atoms with van der Waals surface area (Å²) in [5, 5.41) is 0.685. The number of rotatable bonds is 1. The molecule has 2 aromatic rings. The highest BCUT2D eigenvalue weighted by Gasteiger charge is 2.19. The van der Waals surface area contributed by atoms with E-state index in [-0.39, 0.29) is 6.10 Å². The molecule has 1 aliphatic rings. The number of aromatic nitrogens is 2. The lowest BCUT2D eigenvalue weighted by molar-refractivity contribution is 0.0126. The van der Waals surface area contributed by atoms with Crippen molar-refractivity contribution < 1.29 is 4.74 Å². The van der Waals surface area contributed by atoms with Crippen LogP contribution in [0.1, 0.15) is 31.1 Å². The van der Waals surface area contributed by atoms with Crippen molar-refractivity contribution in [2.75, 3.05) is 6.61 Å². The Morgan fingerprint density at radius 1 is 1.44 bits per heavy atom. The van der Waals surface area contributed by atoms with E-state index in [1.54, 1.807) is 0 Å². The Kier molecular flexibility index (Phi) is 2.58. The third kappa shape index (κ3) is 1.70. The van der Waals surface area contributed by atoms with Gasteiger partial charge in [-0.1, -0.05) is 11.6 Å². The molecule has 16 heavy (non-hydrogen) atoms. The van der Waals surface area contributed by atoms with Gasteiger partial charge in [-0.05, 0) is 31.4 Å². The summed E-state index contributed by atoms with van der Waals surface area (Å²) in [6.07, 6.45) is 7.54. The van der Waals surface area contributed by atoms with Crippen LogP contribution >= 0.6 is 11.6 Å². The zero-order valence-corrected chi connectivity index (χ0v) is 9.65. The fraction of sp³-hybridized carbons (Fsp3) is 0.417. The maximum Gasteiger partial charge on any atom is 0.155 e. The van der Waals surface area contributed by atoms with Crippen molar-refractivity contribution in [1.82, 2.24) is 9.38 Å². The van der Waals surface area contributed by atoms with E-state index >= 15 is 0 Å². The molecule has 3 rings (SSSR count). The van der Waals surface area contributed by atoms with E-state index in [1.165, 1.54) is 6.42 Å². The molecule has 84 valence electrons. The van der Waals surface area contributed by atoms with Crippen LogP contribution in [-0.2, 0) is 4.74 Å². The monoisotopic (exact) mass is 236 g/mol. The molecule has 0 amide bonds. The molecule has 3 nitrogen and oxygen atoms in total. The standard InChI is InChI=1S/C12H13ClN2O/c13-9-4-3-6-15-8-10(14-12(9)15)11-5-1-2-7-16-11/h3-4,6,8,11H,1-2,5,7H2. The first kappa shape index (κ1) is 10.1. The number of hydrogen-bond donors (Lipinski definition) is 0. The number of imidazole rings is 1. The van der Waals surface area contributed by atoms with E-state index in [9.17, 15) is 0 Å². The number of ether oxygens (including phenoxy) is 1. The van der Waals surface area contributed by atoms with Gasteiger partial charge in [0.15, 0.2) is 5.65 Å². The zero-order valence-electron chi connectivity index (χ0n) is 8.90. The van der Waals surface area contributed by atoms with Gasteiger partial charge in [0.05, 0.1) is 10.7 Å². The van der Waals surface area contributed by atoms with Crippen LogP contribution in [0.5, 0.6) is 0 Å². The molecular weight excluding hydrogens is 224 g/mol. The summed E-state index contributed by atoms with van der Waals surface area (Å²) in [5.74, 6) is 0. The van der Waals surface area contributed by atoms with Crippen LogP contribution in [0.15, 0.2) is 24.5 Å². The fourth-order valence-corrected chi connectivity index (χ4v) is 2.34. The average Bonchev–Trinajstić information content (AvgIpc) is 2.76. The van der Waals surface area contributed by atoms with Crippen molar-refractivity contribution in [2.24, 2.45) is 0 Å². The third-order valence-corrected chi connectivity index (χ3v) is 3.26. The van der Waals surface area contributed by atoms with E-state index in [0.29, 0.717) is 5.02 Å². The third-order valence-electron chi connectivity index (χ3n) is 2.96. The van der Waals surface area contributed by atoms with Crippen LogP contribution in [0, 0.1) is 0 Å². The second kappa shape index (κ2) is 4.07. The Hall–Kier alpha value is -1.06. The number of fused-ring (bicyclic) bond motifs is 1. The minimum absolute atomic E-state index is 0.143. The molecule has 1 unspecified atom stereocenters. The van der Waals surface area contributed by atoms with Gasteiger partial charge in [-0.15, -0.1) is 0 Å². The SMILES string of the molecule is Clc1cccn2cc(C3CCCCO3)nc12. The summed E-state index contributed by atoms with van der Waals surface area (Å²) >= 11 is 6.09. The van der Waals surface area contributed by atoms with E-state index in [0.717, 1.165) is 30.8 Å². The molecule has 0 saturated carbocycles. The van der Waals surface area contributed by atoms with Gasteiger partial charge < -0.3 is 9.14 Å². The highest BCUT2D eigenvalue weighted by molar-refractivity contribution is 6.33. The van der Waals surface area contributed by atoms with Crippen molar-refractivity contribution >= 4 is 17.2 Å². The van der Waals surface area contributed by atoms with Crippen LogP contribution in [-0.4, -0.2) is 16.0 Å². The Bertz CT molecular complexity index is 503. The molecule has 0 spiro atoms. The molecule has 4 heteroatoms. The fourth-order valence-electron chi connectivity index (χ4n) is 2.13. The second-order valence-electron chi connectivity index (χ2n) is 4.11. The molecule has 1 fully saturated rings. The normalized spacial score (nSPS) is 21.4. The Balaban J connectivity index is 2.01. The summed E-state index contributed by atoms with van der Waals surface area (Å²) in [7, 11) is 0. The lowest BCUT2D eigenvalue weighted by atomic mass is 10.1. The zero-order chi connectivity index (χ0) is 11.0. The van der Waals surface area contributed by atoms with Gasteiger partial charge in [-0.3, -0.25) is 0 Å². The second-order valence-corrected chi connectivity index (χ2v) is 4.52. The topological polar surface area (TPSA) is 26.5 Å². The van der Waals surface area contributed by atoms with Crippen LogP contribution in [0.2, 0.25) is 5.02 Å². The quantitative estimate of drug-likeness (QED) is 0.760. The molecule has 0 bridgehead atoms. The van der Waals surface area contributed by atoms with Crippen LogP contribution < -0.4 is 0 Å². The maximum atomic E-state index is 6.09. The van der Waals surface area contributed by atoms with Gasteiger partial charge in [-0.2, -0.15) is 0 Å². The molecule has 2 aromatic heterocycles. The van der Waals surface area contributed by atoms with Gasteiger partial charge in [0, 0.05) is 19.0 Å². The number of hydrogen-bond acceptors (Lipinski definition) is 2. The molecular formula is C12H13ClN2O. The smallest absolute Gasteiger partial charge is 0.155 e. The minimum atomic E-state index is 0.143. The number of halogens is 1. The predicted molar refractivity (Wildman–Crippen MR) is 62.7 cm³/mol. The van der Waals surface area contributed by atoms with Crippen LogP contribution in [0.4, 0.5) is 0 Å². The number of nitrogens with zero attached hydrogens (tertiary/aromatic N) is 2. The molecule has 0 aromatic carbocycles. The summed E-state index contributed by atoms with van der Waals surface area (Å²) in [4.78, 5) is 4.54. The molecule has 0 aliphatic carbocycles. The lowest BCUT2D eigenvalue weighted by Gasteiger charge is -2.20. The van der Waals surface area contributed by atoms with Gasteiger partial charge in [-0.25, -0.2) is 4.98 Å². The lowest BCUT2D eigenvalue weighted by Crippen LogP contribution is -2.11. The highest BCUT2D eigenvalue weighted by Crippen LogP contribution is 2.28. The summed E-state index contributed by atoms with van der Waals surface area (Å²) in [6.45, 7) is 0.840. The average molecular weight is 237 g/mol. The summed E-state index contributed by atoms with van der Waals surface area (Å²) in [6, 6.07) is 3.78. The largest absolute Gasteiger partial charge is 0.372 e. The Labute approximate surface area is 99.0 Å². The minimum Gasteiger partial charge on any atom is -0.372 e. The van der Waals surface area contributed by atoms with Crippen LogP contribution in [0.3, 0.4) is 0 Å². The summed E-state index contributed by atoms with van der Waals surface area (Å²) < 4.78 is 7.67. The van der Waals surface area contributed by atoms with Crippen molar-refractivity contribution in [3.8, 4) is 0 Å². The van der Waals surface area contributed by atoms with Crippen LogP contribution in [0.25, 0.3) is 5.65 Å². The van der Waals surface area contributed by atoms with Gasteiger partial charge in [0.2, 0.25) is 0 Å². The molecule has 0 radical (unpaired) electrons. The number of pyridine rings is 1. The van der Waals surface area contributed by atoms with E-state index in [4.69, 9.17) is 16.3 Å². The van der Waals surface area contributed by atoms with Crippen molar-refractivity contribution in [3.05, 3.63) is 35.2 Å². The molecule has 1 aliphatic heterocycles. The van der Waals surface area contributed by atoms with Crippen molar-refractivity contribution in [3.63, 3.8) is 0 Å². The predicted octanol–water partition coefficient (Wildman–Crippen LogP) is 3.23. The van der Waals surface area contributed by atoms with E-state index in [2.05, 4.69) is 4.98 Å². The molecule has 3 heterocycles. The molecule has 1 atom stereocenters. The molecule has 1 saturated heterocycles. The highest BCUT2D eigenvalue weighted by atomic mass is 35.5. The van der Waals surface area contributed by atoms with Gasteiger partial charge in [0.1, 0.15) is 6.10 Å². The van der Waals surface area contributed by atoms with Gasteiger partial charge >= 0.3 is 0 Å².